The van der Waals surface area contributed by atoms with Gasteiger partial charge in [0.1, 0.15) is 0 Å². The molecule has 0 aliphatic rings. The number of amides is 1. The van der Waals surface area contributed by atoms with Crippen LogP contribution in [0.4, 0.5) is 0 Å². The van der Waals surface area contributed by atoms with Crippen LogP contribution in [-0.2, 0) is 0 Å². The Hall–Kier alpha value is -2.94. The van der Waals surface area contributed by atoms with Gasteiger partial charge in [0.05, 0.1) is 6.21 Å². The summed E-state index contributed by atoms with van der Waals surface area (Å²) >= 11 is 0. The molecule has 3 heteroatoms. The van der Waals surface area contributed by atoms with E-state index in [2.05, 4.69) is 36.5 Å². The molecule has 0 aliphatic carbocycles. The number of fused-ring (bicyclic) bond motifs is 1. The van der Waals surface area contributed by atoms with E-state index in [9.17, 15) is 4.79 Å². The van der Waals surface area contributed by atoms with Gasteiger partial charge in [-0.25, -0.2) is 5.43 Å². The van der Waals surface area contributed by atoms with Crippen molar-refractivity contribution in [3.8, 4) is 0 Å². The van der Waals surface area contributed by atoms with Crippen molar-refractivity contribution >= 4 is 22.9 Å². The summed E-state index contributed by atoms with van der Waals surface area (Å²) in [7, 11) is 0. The van der Waals surface area contributed by atoms with Crippen molar-refractivity contribution in [1.82, 2.24) is 5.43 Å². The maximum absolute atomic E-state index is 12.4. The van der Waals surface area contributed by atoms with Crippen molar-refractivity contribution in [3.05, 3.63) is 83.4 Å². The molecular weight excluding hydrogens is 296 g/mol. The standard InChI is InChI=1S/C21H20N2O/c1-15(2)17-12-10-16(11-13-17)14-22-23-21(24)20-9-5-7-18-6-3-4-8-19(18)20/h3-15H,1-2H3,(H,23,24)/b22-14+. The first-order valence-electron chi connectivity index (χ1n) is 8.06. The topological polar surface area (TPSA) is 41.5 Å². The molecule has 3 aromatic rings. The second-order valence-corrected chi connectivity index (χ2v) is 6.05. The molecule has 0 spiro atoms. The first-order valence-corrected chi connectivity index (χ1v) is 8.06. The molecule has 24 heavy (non-hydrogen) atoms. The molecule has 1 N–H and O–H groups in total. The van der Waals surface area contributed by atoms with Gasteiger partial charge in [0.25, 0.3) is 5.91 Å². The lowest BCUT2D eigenvalue weighted by Gasteiger charge is -2.05. The lowest BCUT2D eigenvalue weighted by Crippen LogP contribution is -2.17. The molecule has 0 saturated heterocycles. The van der Waals surface area contributed by atoms with Gasteiger partial charge in [-0.15, -0.1) is 0 Å². The highest BCUT2D eigenvalue weighted by molar-refractivity contribution is 6.07. The summed E-state index contributed by atoms with van der Waals surface area (Å²) in [5.41, 5.74) is 5.47. The lowest BCUT2D eigenvalue weighted by molar-refractivity contribution is 0.0957. The Labute approximate surface area is 142 Å². The fourth-order valence-electron chi connectivity index (χ4n) is 2.62. The zero-order chi connectivity index (χ0) is 16.9. The molecule has 3 rings (SSSR count). The Balaban J connectivity index is 1.72. The quantitative estimate of drug-likeness (QED) is 0.549. The van der Waals surface area contributed by atoms with Gasteiger partial charge in [-0.3, -0.25) is 4.79 Å². The minimum Gasteiger partial charge on any atom is -0.267 e. The van der Waals surface area contributed by atoms with E-state index in [4.69, 9.17) is 0 Å². The molecule has 3 nitrogen and oxygen atoms in total. The molecule has 0 bridgehead atoms. The van der Waals surface area contributed by atoms with Crippen LogP contribution in [0.2, 0.25) is 0 Å². The molecule has 0 fully saturated rings. The van der Waals surface area contributed by atoms with Gasteiger partial charge in [0, 0.05) is 5.56 Å². The zero-order valence-electron chi connectivity index (χ0n) is 13.9. The van der Waals surface area contributed by atoms with Gasteiger partial charge in [0.2, 0.25) is 0 Å². The summed E-state index contributed by atoms with van der Waals surface area (Å²) < 4.78 is 0. The van der Waals surface area contributed by atoms with E-state index >= 15 is 0 Å². The van der Waals surface area contributed by atoms with Crippen molar-refractivity contribution in [2.75, 3.05) is 0 Å². The average Bonchev–Trinajstić information content (AvgIpc) is 2.61. The largest absolute Gasteiger partial charge is 0.271 e. The number of nitrogens with one attached hydrogen (secondary N) is 1. The minimum absolute atomic E-state index is 0.207. The second-order valence-electron chi connectivity index (χ2n) is 6.05. The maximum atomic E-state index is 12.4. The molecule has 3 aromatic carbocycles. The Kier molecular flexibility index (Phi) is 4.71. The number of nitrogens with zero attached hydrogens (tertiary/aromatic N) is 1. The number of carbonyl (C=O) groups excluding carboxylic acids is 1. The second kappa shape index (κ2) is 7.09. The summed E-state index contributed by atoms with van der Waals surface area (Å²) in [5.74, 6) is 0.295. The van der Waals surface area contributed by atoms with Crippen LogP contribution in [0.1, 0.15) is 41.3 Å². The number of hydrazone groups is 1. The predicted octanol–water partition coefficient (Wildman–Crippen LogP) is 4.73. The van der Waals surface area contributed by atoms with Crippen molar-refractivity contribution in [2.24, 2.45) is 5.10 Å². The summed E-state index contributed by atoms with van der Waals surface area (Å²) in [4.78, 5) is 12.4. The minimum atomic E-state index is -0.207. The molecule has 0 radical (unpaired) electrons. The lowest BCUT2D eigenvalue weighted by atomic mass is 10.0. The SMILES string of the molecule is CC(C)c1ccc(/C=N/NC(=O)c2cccc3ccccc23)cc1. The van der Waals surface area contributed by atoms with Crippen molar-refractivity contribution in [1.29, 1.82) is 0 Å². The number of benzene rings is 3. The van der Waals surface area contributed by atoms with Gasteiger partial charge in [0.15, 0.2) is 0 Å². The fourth-order valence-corrected chi connectivity index (χ4v) is 2.62. The van der Waals surface area contributed by atoms with E-state index in [1.54, 1.807) is 6.21 Å². The highest BCUT2D eigenvalue weighted by Gasteiger charge is 2.08. The molecule has 0 aromatic heterocycles. The highest BCUT2D eigenvalue weighted by Crippen LogP contribution is 2.18. The number of hydrogen-bond acceptors (Lipinski definition) is 2. The summed E-state index contributed by atoms with van der Waals surface area (Å²) in [6.45, 7) is 4.32. The van der Waals surface area contributed by atoms with E-state index in [0.29, 0.717) is 11.5 Å². The molecule has 120 valence electrons. The third-order valence-corrected chi connectivity index (χ3v) is 4.02. The van der Waals surface area contributed by atoms with E-state index in [-0.39, 0.29) is 5.91 Å². The first-order chi connectivity index (χ1) is 11.6. The van der Waals surface area contributed by atoms with Gasteiger partial charge in [-0.1, -0.05) is 74.5 Å². The van der Waals surface area contributed by atoms with E-state index in [0.717, 1.165) is 16.3 Å². The fraction of sp³-hybridized carbons (Fsp3) is 0.143. The van der Waals surface area contributed by atoms with Crippen LogP contribution in [0.3, 0.4) is 0 Å². The smallest absolute Gasteiger partial charge is 0.267 e. The third-order valence-electron chi connectivity index (χ3n) is 4.02. The predicted molar refractivity (Wildman–Crippen MR) is 99.5 cm³/mol. The van der Waals surface area contributed by atoms with Crippen LogP contribution in [0.5, 0.6) is 0 Å². The molecule has 1 amide bonds. The third kappa shape index (κ3) is 3.51. The Morgan fingerprint density at radius 2 is 1.67 bits per heavy atom. The Morgan fingerprint density at radius 1 is 0.958 bits per heavy atom. The van der Waals surface area contributed by atoms with E-state index < -0.39 is 0 Å². The van der Waals surface area contributed by atoms with Crippen molar-refractivity contribution in [3.63, 3.8) is 0 Å². The van der Waals surface area contributed by atoms with Crippen LogP contribution in [0, 0.1) is 0 Å². The summed E-state index contributed by atoms with van der Waals surface area (Å²) in [6.07, 6.45) is 1.66. The Bertz CT molecular complexity index is 874. The maximum Gasteiger partial charge on any atom is 0.271 e. The van der Waals surface area contributed by atoms with Crippen LogP contribution in [-0.4, -0.2) is 12.1 Å². The van der Waals surface area contributed by atoms with E-state index in [1.165, 1.54) is 5.56 Å². The van der Waals surface area contributed by atoms with Crippen molar-refractivity contribution in [2.45, 2.75) is 19.8 Å². The molecular formula is C21H20N2O. The average molecular weight is 316 g/mol. The summed E-state index contributed by atoms with van der Waals surface area (Å²) in [5, 5.41) is 6.04. The van der Waals surface area contributed by atoms with E-state index in [1.807, 2.05) is 54.6 Å². The molecule has 0 aliphatic heterocycles. The summed E-state index contributed by atoms with van der Waals surface area (Å²) in [6, 6.07) is 21.7. The van der Waals surface area contributed by atoms with Crippen LogP contribution in [0.15, 0.2) is 71.8 Å². The van der Waals surface area contributed by atoms with Gasteiger partial charge in [-0.05, 0) is 33.9 Å². The normalized spacial score (nSPS) is 11.3. The van der Waals surface area contributed by atoms with Gasteiger partial charge >= 0.3 is 0 Å². The van der Waals surface area contributed by atoms with Crippen molar-refractivity contribution < 1.29 is 4.79 Å². The highest BCUT2D eigenvalue weighted by atomic mass is 16.2. The number of hydrogen-bond donors (Lipinski definition) is 1. The van der Waals surface area contributed by atoms with Gasteiger partial charge in [-0.2, -0.15) is 5.10 Å². The molecule has 0 saturated carbocycles. The van der Waals surface area contributed by atoms with Crippen LogP contribution >= 0.6 is 0 Å². The zero-order valence-corrected chi connectivity index (χ0v) is 13.9. The number of carbonyl (C=O) groups is 1. The van der Waals surface area contributed by atoms with Crippen LogP contribution < -0.4 is 5.43 Å². The molecule has 0 atom stereocenters. The van der Waals surface area contributed by atoms with Gasteiger partial charge < -0.3 is 0 Å². The molecule has 0 heterocycles. The first kappa shape index (κ1) is 15.9. The van der Waals surface area contributed by atoms with Crippen LogP contribution in [0.25, 0.3) is 10.8 Å². The number of rotatable bonds is 4. The Morgan fingerprint density at radius 3 is 2.42 bits per heavy atom. The molecule has 0 unspecified atom stereocenters. The monoisotopic (exact) mass is 316 g/mol.